The van der Waals surface area contributed by atoms with Crippen molar-refractivity contribution in [1.82, 2.24) is 24.8 Å². The number of rotatable bonds is 3. The second-order valence-electron chi connectivity index (χ2n) is 7.81. The van der Waals surface area contributed by atoms with Crippen molar-refractivity contribution in [1.29, 1.82) is 0 Å². The number of hydrogen-bond donors (Lipinski definition) is 0. The van der Waals surface area contributed by atoms with Gasteiger partial charge in [0, 0.05) is 11.8 Å². The molecule has 3 aromatic rings. The van der Waals surface area contributed by atoms with Gasteiger partial charge in [-0.2, -0.15) is 9.61 Å². The summed E-state index contributed by atoms with van der Waals surface area (Å²) in [5.74, 6) is -0.467. The van der Waals surface area contributed by atoms with Crippen LogP contribution in [0.3, 0.4) is 0 Å². The molecule has 6 nitrogen and oxygen atoms in total. The molecule has 136 valence electrons. The summed E-state index contributed by atoms with van der Waals surface area (Å²) < 4.78 is 35.4. The van der Waals surface area contributed by atoms with Crippen LogP contribution in [0.2, 0.25) is 0 Å². The highest BCUT2D eigenvalue weighted by atomic mass is 19.1. The Morgan fingerprint density at radius 1 is 1.27 bits per heavy atom. The molecule has 26 heavy (non-hydrogen) atoms. The average Bonchev–Trinajstić information content (AvgIpc) is 3.00. The minimum atomic E-state index is -1.28. The molecule has 0 radical (unpaired) electrons. The fourth-order valence-corrected chi connectivity index (χ4v) is 2.81. The van der Waals surface area contributed by atoms with Crippen LogP contribution in [-0.2, 0) is 0 Å². The van der Waals surface area contributed by atoms with E-state index in [0.29, 0.717) is 29.1 Å². The van der Waals surface area contributed by atoms with Gasteiger partial charge in [0.05, 0.1) is 11.6 Å². The van der Waals surface area contributed by atoms with Gasteiger partial charge in [-0.25, -0.2) is 13.8 Å². The topological polar surface area (TPSA) is 65.2 Å². The summed E-state index contributed by atoms with van der Waals surface area (Å²) in [4.78, 5) is 4.06. The standard InChI is InChI=1S/C18H19F2N5O/c1-17(2,3)26-16-12(19)7-10(9-21-16)13-5-6-14-22-23-15(25(14)24-13)11-8-18(11,4)20/h5-7,9,11H,8H2,1-4H3/t11-,18?/m1/s1. The molecule has 0 N–H and O–H groups in total. The van der Waals surface area contributed by atoms with Gasteiger partial charge in [0.1, 0.15) is 11.3 Å². The number of ether oxygens (including phenoxy) is 1. The highest BCUT2D eigenvalue weighted by Gasteiger charge is 2.54. The molecule has 4 rings (SSSR count). The number of nitrogens with zero attached hydrogens (tertiary/aromatic N) is 5. The number of halogens is 2. The van der Waals surface area contributed by atoms with Gasteiger partial charge in [-0.05, 0) is 52.3 Å². The molecule has 0 bridgehead atoms. The van der Waals surface area contributed by atoms with Gasteiger partial charge in [-0.1, -0.05) is 0 Å². The number of fused-ring (bicyclic) bond motifs is 1. The van der Waals surface area contributed by atoms with Crippen molar-refractivity contribution in [2.24, 2.45) is 0 Å². The third kappa shape index (κ3) is 3.00. The van der Waals surface area contributed by atoms with Gasteiger partial charge in [0.2, 0.25) is 0 Å². The van der Waals surface area contributed by atoms with Crippen molar-refractivity contribution in [3.8, 4) is 17.1 Å². The van der Waals surface area contributed by atoms with Crippen molar-refractivity contribution < 1.29 is 13.5 Å². The molecule has 1 aliphatic rings. The molecule has 1 fully saturated rings. The predicted octanol–water partition coefficient (Wildman–Crippen LogP) is 3.72. The van der Waals surface area contributed by atoms with Gasteiger partial charge in [0.25, 0.3) is 5.88 Å². The maximum atomic E-state index is 14.3. The monoisotopic (exact) mass is 359 g/mol. The summed E-state index contributed by atoms with van der Waals surface area (Å²) >= 11 is 0. The highest BCUT2D eigenvalue weighted by molar-refractivity contribution is 5.60. The van der Waals surface area contributed by atoms with Crippen LogP contribution in [0.4, 0.5) is 8.78 Å². The molecule has 1 unspecified atom stereocenters. The summed E-state index contributed by atoms with van der Waals surface area (Å²) in [7, 11) is 0. The van der Waals surface area contributed by atoms with Gasteiger partial charge < -0.3 is 4.74 Å². The van der Waals surface area contributed by atoms with Gasteiger partial charge >= 0.3 is 0 Å². The molecule has 0 amide bonds. The zero-order valence-corrected chi connectivity index (χ0v) is 15.0. The van der Waals surface area contributed by atoms with E-state index in [9.17, 15) is 8.78 Å². The van der Waals surface area contributed by atoms with Crippen molar-refractivity contribution in [3.63, 3.8) is 0 Å². The van der Waals surface area contributed by atoms with Crippen LogP contribution in [-0.4, -0.2) is 36.1 Å². The van der Waals surface area contributed by atoms with E-state index >= 15 is 0 Å². The third-order valence-corrected chi connectivity index (χ3v) is 4.27. The summed E-state index contributed by atoms with van der Waals surface area (Å²) in [5, 5.41) is 12.5. The van der Waals surface area contributed by atoms with Crippen LogP contribution in [0, 0.1) is 5.82 Å². The van der Waals surface area contributed by atoms with E-state index in [2.05, 4.69) is 20.3 Å². The van der Waals surface area contributed by atoms with Crippen LogP contribution in [0.25, 0.3) is 16.9 Å². The first-order valence-electron chi connectivity index (χ1n) is 8.40. The minimum absolute atomic E-state index is 0.0570. The predicted molar refractivity (Wildman–Crippen MR) is 91.2 cm³/mol. The Bertz CT molecular complexity index is 993. The first kappa shape index (κ1) is 16.8. The first-order chi connectivity index (χ1) is 12.1. The normalized spacial score (nSPS) is 22.6. The molecule has 0 aromatic carbocycles. The summed E-state index contributed by atoms with van der Waals surface area (Å²) in [6, 6.07) is 4.74. The molecule has 3 aromatic heterocycles. The molecule has 3 heterocycles. The fourth-order valence-electron chi connectivity index (χ4n) is 2.81. The van der Waals surface area contributed by atoms with E-state index in [-0.39, 0.29) is 11.8 Å². The fraction of sp³-hybridized carbons (Fsp3) is 0.444. The van der Waals surface area contributed by atoms with E-state index in [1.165, 1.54) is 23.7 Å². The molecular formula is C18H19F2N5O. The van der Waals surface area contributed by atoms with Crippen LogP contribution < -0.4 is 4.74 Å². The van der Waals surface area contributed by atoms with Crippen LogP contribution in [0.5, 0.6) is 5.88 Å². The Balaban J connectivity index is 1.71. The lowest BCUT2D eigenvalue weighted by molar-refractivity contribution is 0.117. The van der Waals surface area contributed by atoms with E-state index in [4.69, 9.17) is 4.74 Å². The Morgan fingerprint density at radius 2 is 2.00 bits per heavy atom. The van der Waals surface area contributed by atoms with Gasteiger partial charge in [-0.3, -0.25) is 0 Å². The SMILES string of the molecule is CC(C)(C)Oc1ncc(-c2ccc3nnc([C@H]4CC4(C)F)n3n2)cc1F. The summed E-state index contributed by atoms with van der Waals surface area (Å²) in [6.45, 7) is 7.00. The molecule has 0 aliphatic heterocycles. The molecule has 2 atom stereocenters. The number of pyridine rings is 1. The lowest BCUT2D eigenvalue weighted by Gasteiger charge is -2.20. The number of alkyl halides is 1. The lowest BCUT2D eigenvalue weighted by atomic mass is 10.2. The van der Waals surface area contributed by atoms with Gasteiger partial charge in [0.15, 0.2) is 17.3 Å². The van der Waals surface area contributed by atoms with E-state index in [1.807, 2.05) is 20.8 Å². The average molecular weight is 359 g/mol. The lowest BCUT2D eigenvalue weighted by Crippen LogP contribution is -2.24. The molecular weight excluding hydrogens is 340 g/mol. The Morgan fingerprint density at radius 3 is 2.62 bits per heavy atom. The number of hydrogen-bond acceptors (Lipinski definition) is 5. The van der Waals surface area contributed by atoms with E-state index in [0.717, 1.165) is 0 Å². The van der Waals surface area contributed by atoms with Crippen molar-refractivity contribution in [2.75, 3.05) is 0 Å². The second-order valence-corrected chi connectivity index (χ2v) is 7.81. The van der Waals surface area contributed by atoms with Crippen LogP contribution >= 0.6 is 0 Å². The van der Waals surface area contributed by atoms with Crippen molar-refractivity contribution in [2.45, 2.75) is 51.3 Å². The van der Waals surface area contributed by atoms with E-state index in [1.54, 1.807) is 12.1 Å². The maximum absolute atomic E-state index is 14.3. The zero-order valence-electron chi connectivity index (χ0n) is 15.0. The second kappa shape index (κ2) is 5.43. The molecule has 1 saturated carbocycles. The quantitative estimate of drug-likeness (QED) is 0.713. The number of aromatic nitrogens is 5. The molecule has 8 heteroatoms. The first-order valence-corrected chi connectivity index (χ1v) is 8.40. The minimum Gasteiger partial charge on any atom is -0.470 e. The maximum Gasteiger partial charge on any atom is 0.250 e. The van der Waals surface area contributed by atoms with Gasteiger partial charge in [-0.15, -0.1) is 10.2 Å². The molecule has 1 aliphatic carbocycles. The third-order valence-electron chi connectivity index (χ3n) is 4.27. The van der Waals surface area contributed by atoms with Crippen molar-refractivity contribution >= 4 is 5.65 Å². The Kier molecular flexibility index (Phi) is 3.51. The summed E-state index contributed by atoms with van der Waals surface area (Å²) in [6.07, 6.45) is 1.90. The summed E-state index contributed by atoms with van der Waals surface area (Å²) in [5.41, 5.74) is -0.321. The van der Waals surface area contributed by atoms with Crippen LogP contribution in [0.1, 0.15) is 45.9 Å². The van der Waals surface area contributed by atoms with E-state index < -0.39 is 17.1 Å². The van der Waals surface area contributed by atoms with Crippen molar-refractivity contribution in [3.05, 3.63) is 36.0 Å². The smallest absolute Gasteiger partial charge is 0.250 e. The highest BCUT2D eigenvalue weighted by Crippen LogP contribution is 2.53. The Labute approximate surface area is 149 Å². The Hall–Kier alpha value is -2.64. The molecule has 0 saturated heterocycles. The molecule has 0 spiro atoms. The largest absolute Gasteiger partial charge is 0.470 e. The van der Waals surface area contributed by atoms with Crippen LogP contribution in [0.15, 0.2) is 24.4 Å². The zero-order chi connectivity index (χ0) is 18.7.